The second-order valence-electron chi connectivity index (χ2n) is 7.56. The van der Waals surface area contributed by atoms with Gasteiger partial charge in [-0.3, -0.25) is 34.1 Å². The number of nitrogens with one attached hydrogen (secondary N) is 2. The highest BCUT2D eigenvalue weighted by molar-refractivity contribution is 7.92. The van der Waals surface area contributed by atoms with E-state index in [4.69, 9.17) is 0 Å². The average Bonchev–Trinajstić information content (AvgIpc) is 2.94. The summed E-state index contributed by atoms with van der Waals surface area (Å²) in [7, 11) is -3.91. The summed E-state index contributed by atoms with van der Waals surface area (Å²) in [5, 5.41) is 2.13. The molecular weight excluding hydrogens is 422 g/mol. The van der Waals surface area contributed by atoms with Gasteiger partial charge in [-0.1, -0.05) is 6.07 Å². The van der Waals surface area contributed by atoms with Crippen LogP contribution in [0.4, 0.5) is 5.69 Å². The molecule has 4 rings (SSSR count). The Hall–Kier alpha value is -3.53. The molecule has 0 aromatic heterocycles. The number of amides is 4. The third-order valence-electron chi connectivity index (χ3n) is 5.48. The quantitative estimate of drug-likeness (QED) is 0.692. The molecule has 0 aliphatic carbocycles. The number of nitrogens with zero attached hydrogens (tertiary/aromatic N) is 1. The van der Waals surface area contributed by atoms with Crippen molar-refractivity contribution in [2.45, 2.75) is 37.6 Å². The fraction of sp³-hybridized carbons (Fsp3) is 0.238. The molecule has 2 aliphatic rings. The lowest BCUT2D eigenvalue weighted by molar-refractivity contribution is -0.136. The van der Waals surface area contributed by atoms with Gasteiger partial charge in [0.15, 0.2) is 0 Å². The largest absolute Gasteiger partial charge is 0.295 e. The zero-order valence-corrected chi connectivity index (χ0v) is 17.6. The predicted molar refractivity (Wildman–Crippen MR) is 110 cm³/mol. The minimum absolute atomic E-state index is 0.00464. The Morgan fingerprint density at radius 3 is 2.32 bits per heavy atom. The number of rotatable bonds is 4. The normalized spacial score (nSPS) is 18.8. The fourth-order valence-corrected chi connectivity index (χ4v) is 4.76. The van der Waals surface area contributed by atoms with Gasteiger partial charge in [0.2, 0.25) is 11.8 Å². The number of piperidine rings is 1. The van der Waals surface area contributed by atoms with Gasteiger partial charge in [0.1, 0.15) is 6.04 Å². The first-order chi connectivity index (χ1) is 14.6. The van der Waals surface area contributed by atoms with Crippen LogP contribution in [0, 0.1) is 13.8 Å². The second kappa shape index (κ2) is 7.31. The number of imide groups is 2. The molecule has 160 valence electrons. The zero-order valence-electron chi connectivity index (χ0n) is 16.8. The Labute approximate surface area is 178 Å². The molecule has 0 spiro atoms. The van der Waals surface area contributed by atoms with E-state index in [1.54, 1.807) is 19.1 Å². The van der Waals surface area contributed by atoms with Crippen molar-refractivity contribution in [2.24, 2.45) is 0 Å². The van der Waals surface area contributed by atoms with Gasteiger partial charge >= 0.3 is 0 Å². The van der Waals surface area contributed by atoms with Crippen molar-refractivity contribution in [3.8, 4) is 0 Å². The molecule has 1 saturated heterocycles. The van der Waals surface area contributed by atoms with Crippen molar-refractivity contribution < 1.29 is 27.6 Å². The van der Waals surface area contributed by atoms with E-state index < -0.39 is 39.7 Å². The van der Waals surface area contributed by atoms with Crippen molar-refractivity contribution >= 4 is 39.3 Å². The Balaban J connectivity index is 1.62. The van der Waals surface area contributed by atoms with E-state index in [-0.39, 0.29) is 34.6 Å². The predicted octanol–water partition coefficient (Wildman–Crippen LogP) is 1.51. The van der Waals surface area contributed by atoms with Crippen LogP contribution in [0.2, 0.25) is 0 Å². The molecule has 1 fully saturated rings. The summed E-state index contributed by atoms with van der Waals surface area (Å²) in [4.78, 5) is 50.0. The van der Waals surface area contributed by atoms with Crippen LogP contribution < -0.4 is 10.0 Å². The Morgan fingerprint density at radius 1 is 0.935 bits per heavy atom. The van der Waals surface area contributed by atoms with Gasteiger partial charge in [0.25, 0.3) is 21.8 Å². The number of carbonyl (C=O) groups excluding carboxylic acids is 4. The first-order valence-electron chi connectivity index (χ1n) is 9.54. The van der Waals surface area contributed by atoms with Crippen LogP contribution in [0.25, 0.3) is 0 Å². The molecular formula is C21H19N3O6S. The van der Waals surface area contributed by atoms with E-state index in [0.717, 1.165) is 16.0 Å². The summed E-state index contributed by atoms with van der Waals surface area (Å²) in [5.74, 6) is -2.53. The lowest BCUT2D eigenvalue weighted by atomic mass is 10.0. The summed E-state index contributed by atoms with van der Waals surface area (Å²) in [6.07, 6.45) is 0.0627. The highest BCUT2D eigenvalue weighted by Gasteiger charge is 2.44. The minimum atomic E-state index is -3.91. The smallest absolute Gasteiger partial charge is 0.262 e. The number of carbonyl (C=O) groups is 4. The van der Waals surface area contributed by atoms with Crippen LogP contribution in [-0.2, 0) is 19.6 Å². The molecule has 2 aromatic rings. The summed E-state index contributed by atoms with van der Waals surface area (Å²) >= 11 is 0. The van der Waals surface area contributed by atoms with Crippen LogP contribution >= 0.6 is 0 Å². The molecule has 31 heavy (non-hydrogen) atoms. The van der Waals surface area contributed by atoms with Crippen LogP contribution in [0.15, 0.2) is 41.3 Å². The number of sulfonamides is 1. The lowest BCUT2D eigenvalue weighted by Crippen LogP contribution is -2.54. The number of hydrogen-bond acceptors (Lipinski definition) is 6. The third-order valence-corrected chi connectivity index (χ3v) is 6.86. The monoisotopic (exact) mass is 441 g/mol. The maximum atomic E-state index is 12.9. The molecule has 1 atom stereocenters. The molecule has 2 heterocycles. The summed E-state index contributed by atoms with van der Waals surface area (Å²) in [6, 6.07) is 7.66. The van der Waals surface area contributed by atoms with Crippen LogP contribution in [0.3, 0.4) is 0 Å². The Bertz CT molecular complexity index is 1270. The van der Waals surface area contributed by atoms with Crippen LogP contribution in [0.5, 0.6) is 0 Å². The number of anilines is 1. The molecule has 0 bridgehead atoms. The average molecular weight is 441 g/mol. The third kappa shape index (κ3) is 3.59. The van der Waals surface area contributed by atoms with Crippen LogP contribution in [0.1, 0.15) is 44.7 Å². The Morgan fingerprint density at radius 2 is 1.65 bits per heavy atom. The van der Waals surface area contributed by atoms with E-state index >= 15 is 0 Å². The SMILES string of the molecule is Cc1ccc(S(=O)(=O)Nc2ccc3c(c2)C(=O)N(C2CCC(=O)NC2=O)C3=O)cc1C. The van der Waals surface area contributed by atoms with Crippen molar-refractivity contribution in [1.29, 1.82) is 0 Å². The first kappa shape index (κ1) is 20.7. The number of hydrogen-bond donors (Lipinski definition) is 2. The molecule has 10 heteroatoms. The van der Waals surface area contributed by atoms with Gasteiger partial charge in [0, 0.05) is 12.1 Å². The highest BCUT2D eigenvalue weighted by Crippen LogP contribution is 2.30. The number of benzene rings is 2. The van der Waals surface area contributed by atoms with E-state index in [1.807, 2.05) is 6.92 Å². The molecule has 2 N–H and O–H groups in total. The van der Waals surface area contributed by atoms with Crippen molar-refractivity contribution in [3.05, 3.63) is 58.7 Å². The van der Waals surface area contributed by atoms with Gasteiger partial charge in [-0.05, 0) is 61.7 Å². The fourth-order valence-electron chi connectivity index (χ4n) is 3.63. The molecule has 1 unspecified atom stereocenters. The molecule has 0 saturated carbocycles. The second-order valence-corrected chi connectivity index (χ2v) is 9.24. The minimum Gasteiger partial charge on any atom is -0.295 e. The van der Waals surface area contributed by atoms with Gasteiger partial charge in [-0.2, -0.15) is 0 Å². The van der Waals surface area contributed by atoms with E-state index in [0.29, 0.717) is 0 Å². The molecule has 9 nitrogen and oxygen atoms in total. The van der Waals surface area contributed by atoms with Crippen LogP contribution in [-0.4, -0.2) is 43.0 Å². The number of aryl methyl sites for hydroxylation is 2. The Kier molecular flexibility index (Phi) is 4.89. The van der Waals surface area contributed by atoms with E-state index in [2.05, 4.69) is 10.0 Å². The van der Waals surface area contributed by atoms with E-state index in [9.17, 15) is 27.6 Å². The van der Waals surface area contributed by atoms with Gasteiger partial charge in [-0.15, -0.1) is 0 Å². The number of fused-ring (bicyclic) bond motifs is 1. The van der Waals surface area contributed by atoms with Crippen molar-refractivity contribution in [3.63, 3.8) is 0 Å². The summed E-state index contributed by atoms with van der Waals surface area (Å²) in [6.45, 7) is 3.67. The first-order valence-corrected chi connectivity index (χ1v) is 11.0. The topological polar surface area (TPSA) is 130 Å². The standard InChI is InChI=1S/C21H19N3O6S/c1-11-3-5-14(9-12(11)2)31(29,30)23-13-4-6-15-16(10-13)21(28)24(20(15)27)17-7-8-18(25)22-19(17)26/h3-6,9-10,17,23H,7-8H2,1-2H3,(H,22,25,26). The van der Waals surface area contributed by atoms with Gasteiger partial charge < -0.3 is 0 Å². The molecule has 0 radical (unpaired) electrons. The summed E-state index contributed by atoms with van der Waals surface area (Å²) in [5.41, 5.74) is 1.95. The van der Waals surface area contributed by atoms with Gasteiger partial charge in [-0.25, -0.2) is 8.42 Å². The van der Waals surface area contributed by atoms with Crippen molar-refractivity contribution in [1.82, 2.24) is 10.2 Å². The highest BCUT2D eigenvalue weighted by atomic mass is 32.2. The van der Waals surface area contributed by atoms with Gasteiger partial charge in [0.05, 0.1) is 16.0 Å². The maximum absolute atomic E-state index is 12.9. The van der Waals surface area contributed by atoms with Crippen molar-refractivity contribution in [2.75, 3.05) is 4.72 Å². The zero-order chi connectivity index (χ0) is 22.5. The van der Waals surface area contributed by atoms with E-state index in [1.165, 1.54) is 24.3 Å². The lowest BCUT2D eigenvalue weighted by Gasteiger charge is -2.27. The molecule has 4 amide bonds. The summed E-state index contributed by atoms with van der Waals surface area (Å²) < 4.78 is 27.9. The molecule has 2 aromatic carbocycles. The maximum Gasteiger partial charge on any atom is 0.262 e. The molecule has 2 aliphatic heterocycles.